The Bertz CT molecular complexity index is 732. The van der Waals surface area contributed by atoms with E-state index in [-0.39, 0.29) is 11.7 Å². The first-order chi connectivity index (χ1) is 12.0. The van der Waals surface area contributed by atoms with Gasteiger partial charge in [-0.05, 0) is 44.2 Å². The second-order valence-electron chi connectivity index (χ2n) is 6.22. The third-order valence-corrected chi connectivity index (χ3v) is 4.40. The van der Waals surface area contributed by atoms with Crippen molar-refractivity contribution >= 4 is 0 Å². The van der Waals surface area contributed by atoms with Crippen LogP contribution in [0.5, 0.6) is 5.75 Å². The lowest BCUT2D eigenvalue weighted by molar-refractivity contribution is -0.0260. The Morgan fingerprint density at radius 1 is 1.16 bits per heavy atom. The summed E-state index contributed by atoms with van der Waals surface area (Å²) in [7, 11) is 2.01. The molecule has 0 amide bonds. The van der Waals surface area contributed by atoms with Gasteiger partial charge in [-0.1, -0.05) is 0 Å². The highest BCUT2D eigenvalue weighted by Gasteiger charge is 2.28. The van der Waals surface area contributed by atoms with Gasteiger partial charge in [-0.3, -0.25) is 4.98 Å². The molecule has 1 N–H and O–H groups in total. The van der Waals surface area contributed by atoms with Crippen molar-refractivity contribution in [2.45, 2.75) is 25.0 Å². The number of benzene rings is 1. The van der Waals surface area contributed by atoms with E-state index >= 15 is 0 Å². The molecule has 1 fully saturated rings. The maximum Gasteiger partial charge on any atom is 0.200 e. The Morgan fingerprint density at radius 2 is 1.88 bits per heavy atom. The molecule has 1 atom stereocenters. The molecule has 0 saturated carbocycles. The van der Waals surface area contributed by atoms with Gasteiger partial charge in [-0.2, -0.15) is 4.39 Å². The normalized spacial score (nSPS) is 17.6. The number of phenols is 1. The summed E-state index contributed by atoms with van der Waals surface area (Å²) in [6, 6.07) is 4.82. The molecule has 1 unspecified atom stereocenters. The number of hydrogen-bond acceptors (Lipinski definition) is 4. The van der Waals surface area contributed by atoms with Gasteiger partial charge >= 0.3 is 0 Å². The van der Waals surface area contributed by atoms with Gasteiger partial charge in [-0.15, -0.1) is 0 Å². The van der Waals surface area contributed by atoms with Gasteiger partial charge in [0.05, 0.1) is 18.0 Å². The summed E-state index contributed by atoms with van der Waals surface area (Å²) in [6.45, 7) is 1.69. The van der Waals surface area contributed by atoms with Crippen LogP contribution in [-0.2, 0) is 4.74 Å². The number of rotatable bonds is 4. The van der Waals surface area contributed by atoms with Crippen molar-refractivity contribution in [2.75, 3.05) is 20.1 Å². The zero-order valence-corrected chi connectivity index (χ0v) is 13.8. The molecule has 1 aliphatic rings. The van der Waals surface area contributed by atoms with Crippen molar-refractivity contribution in [3.63, 3.8) is 0 Å². The van der Waals surface area contributed by atoms with Crippen molar-refractivity contribution in [3.8, 4) is 5.75 Å². The van der Waals surface area contributed by atoms with E-state index in [1.807, 2.05) is 7.05 Å². The van der Waals surface area contributed by atoms with Crippen LogP contribution in [0.25, 0.3) is 0 Å². The number of aromatic nitrogens is 1. The first-order valence-electron chi connectivity index (χ1n) is 8.08. The van der Waals surface area contributed by atoms with E-state index in [0.717, 1.165) is 38.2 Å². The summed E-state index contributed by atoms with van der Waals surface area (Å²) in [5.74, 6) is -3.82. The second-order valence-corrected chi connectivity index (χ2v) is 6.22. The van der Waals surface area contributed by atoms with E-state index in [1.54, 1.807) is 0 Å². The van der Waals surface area contributed by atoms with Gasteiger partial charge in [0.15, 0.2) is 11.6 Å². The fourth-order valence-electron chi connectivity index (χ4n) is 2.92. The molecule has 0 aliphatic carbocycles. The van der Waals surface area contributed by atoms with Crippen LogP contribution in [0.4, 0.5) is 13.2 Å². The molecule has 4 nitrogen and oxygen atoms in total. The third-order valence-electron chi connectivity index (χ3n) is 4.40. The quantitative estimate of drug-likeness (QED) is 0.916. The van der Waals surface area contributed by atoms with Crippen LogP contribution in [0.1, 0.15) is 30.2 Å². The van der Waals surface area contributed by atoms with Gasteiger partial charge in [0.1, 0.15) is 11.9 Å². The van der Waals surface area contributed by atoms with Gasteiger partial charge in [0.2, 0.25) is 5.82 Å². The van der Waals surface area contributed by atoms with E-state index in [9.17, 15) is 18.3 Å². The Hall–Kier alpha value is -2.12. The van der Waals surface area contributed by atoms with Crippen LogP contribution in [0.3, 0.4) is 0 Å². The first kappa shape index (κ1) is 17.7. The SMILES string of the molecule is CN1CCC(OC(c2ccc(F)cn2)c2ccc(F)c(F)c2O)CC1. The number of phenolic OH excluding ortho intramolecular Hbond substituents is 1. The van der Waals surface area contributed by atoms with Crippen molar-refractivity contribution in [2.24, 2.45) is 0 Å². The minimum atomic E-state index is -1.34. The summed E-state index contributed by atoms with van der Waals surface area (Å²) < 4.78 is 46.4. The molecule has 25 heavy (non-hydrogen) atoms. The largest absolute Gasteiger partial charge is 0.504 e. The molecule has 1 saturated heterocycles. The summed E-state index contributed by atoms with van der Waals surface area (Å²) in [5.41, 5.74) is 0.388. The highest BCUT2D eigenvalue weighted by molar-refractivity contribution is 5.39. The number of likely N-dealkylation sites (tertiary alicyclic amines) is 1. The minimum absolute atomic E-state index is 0.0666. The Morgan fingerprint density at radius 3 is 2.52 bits per heavy atom. The van der Waals surface area contributed by atoms with E-state index < -0.39 is 29.3 Å². The Labute approximate surface area is 143 Å². The van der Waals surface area contributed by atoms with Crippen molar-refractivity contribution < 1.29 is 23.0 Å². The molecular formula is C18H19F3N2O2. The van der Waals surface area contributed by atoms with E-state index in [1.165, 1.54) is 18.2 Å². The van der Waals surface area contributed by atoms with E-state index in [2.05, 4.69) is 9.88 Å². The molecule has 3 rings (SSSR count). The third kappa shape index (κ3) is 3.93. The Balaban J connectivity index is 1.94. The van der Waals surface area contributed by atoms with Gasteiger partial charge in [0, 0.05) is 18.7 Å². The zero-order chi connectivity index (χ0) is 18.0. The number of pyridine rings is 1. The number of ether oxygens (including phenoxy) is 1. The molecule has 7 heteroatoms. The molecular weight excluding hydrogens is 333 g/mol. The molecule has 134 valence electrons. The summed E-state index contributed by atoms with van der Waals surface area (Å²) >= 11 is 0. The van der Waals surface area contributed by atoms with Gasteiger partial charge in [-0.25, -0.2) is 8.78 Å². The standard InChI is InChI=1S/C18H19F3N2O2/c1-23-8-6-12(7-9-23)25-18(15-5-2-11(19)10-22-15)13-3-4-14(20)16(21)17(13)24/h2-5,10,12,18,24H,6-9H2,1H3. The van der Waals surface area contributed by atoms with Crippen molar-refractivity contribution in [3.05, 3.63) is 59.2 Å². The number of halogens is 3. The van der Waals surface area contributed by atoms with E-state index in [0.29, 0.717) is 5.69 Å². The average Bonchev–Trinajstić information content (AvgIpc) is 2.61. The average molecular weight is 352 g/mol. The lowest BCUT2D eigenvalue weighted by Gasteiger charge is -2.32. The smallest absolute Gasteiger partial charge is 0.200 e. The second kappa shape index (κ2) is 7.41. The van der Waals surface area contributed by atoms with Crippen molar-refractivity contribution in [1.82, 2.24) is 9.88 Å². The van der Waals surface area contributed by atoms with Gasteiger partial charge < -0.3 is 14.7 Å². The molecule has 0 spiro atoms. The lowest BCUT2D eigenvalue weighted by Crippen LogP contribution is -2.35. The van der Waals surface area contributed by atoms with Crippen LogP contribution in [0.2, 0.25) is 0 Å². The minimum Gasteiger partial charge on any atom is -0.504 e. The topological polar surface area (TPSA) is 45.6 Å². The highest BCUT2D eigenvalue weighted by Crippen LogP contribution is 2.36. The fourth-order valence-corrected chi connectivity index (χ4v) is 2.92. The summed E-state index contributed by atoms with van der Waals surface area (Å²) in [5, 5.41) is 10.0. The van der Waals surface area contributed by atoms with Gasteiger partial charge in [0.25, 0.3) is 0 Å². The number of piperidine rings is 1. The monoisotopic (exact) mass is 352 g/mol. The maximum atomic E-state index is 13.8. The fraction of sp³-hybridized carbons (Fsp3) is 0.389. The lowest BCUT2D eigenvalue weighted by atomic mass is 10.0. The molecule has 2 aromatic rings. The molecule has 0 bridgehead atoms. The van der Waals surface area contributed by atoms with Crippen LogP contribution >= 0.6 is 0 Å². The number of nitrogens with zero attached hydrogens (tertiary/aromatic N) is 2. The molecule has 0 radical (unpaired) electrons. The maximum absolute atomic E-state index is 13.8. The molecule has 1 aliphatic heterocycles. The van der Waals surface area contributed by atoms with E-state index in [4.69, 9.17) is 4.74 Å². The first-order valence-corrected chi connectivity index (χ1v) is 8.08. The van der Waals surface area contributed by atoms with Crippen LogP contribution in [0.15, 0.2) is 30.5 Å². The van der Waals surface area contributed by atoms with Crippen LogP contribution in [0, 0.1) is 17.5 Å². The number of hydrogen-bond donors (Lipinski definition) is 1. The number of aromatic hydroxyl groups is 1. The molecule has 2 heterocycles. The predicted molar refractivity (Wildman–Crippen MR) is 85.7 cm³/mol. The summed E-state index contributed by atoms with van der Waals surface area (Å²) in [4.78, 5) is 6.16. The highest BCUT2D eigenvalue weighted by atomic mass is 19.2. The zero-order valence-electron chi connectivity index (χ0n) is 13.8. The van der Waals surface area contributed by atoms with Crippen LogP contribution < -0.4 is 0 Å². The Kier molecular flexibility index (Phi) is 5.24. The molecule has 1 aromatic carbocycles. The van der Waals surface area contributed by atoms with Crippen molar-refractivity contribution in [1.29, 1.82) is 0 Å². The molecule has 1 aromatic heterocycles. The summed E-state index contributed by atoms with van der Waals surface area (Å²) in [6.07, 6.45) is 1.51. The van der Waals surface area contributed by atoms with Crippen LogP contribution in [-0.4, -0.2) is 41.2 Å². The predicted octanol–water partition coefficient (Wildman–Crippen LogP) is 3.40.